The normalized spacial score (nSPS) is 15.2. The molecule has 576 valence electrons. The van der Waals surface area contributed by atoms with Crippen molar-refractivity contribution in [2.75, 3.05) is 67.6 Å². The Kier molecular flexibility index (Phi) is 24.9. The number of halogens is 5. The van der Waals surface area contributed by atoms with Gasteiger partial charge in [-0.25, -0.2) is 33.9 Å². The number of aromatic nitrogens is 15. The van der Waals surface area contributed by atoms with Crippen molar-refractivity contribution >= 4 is 133 Å². The predicted molar refractivity (Wildman–Crippen MR) is 438 cm³/mol. The van der Waals surface area contributed by atoms with E-state index in [-0.39, 0.29) is 35.6 Å². The molecule has 11 aromatic heterocycles. The Hall–Kier alpha value is -11.1. The van der Waals surface area contributed by atoms with Gasteiger partial charge in [0, 0.05) is 180 Å². The third-order valence-electron chi connectivity index (χ3n) is 20.0. The van der Waals surface area contributed by atoms with Gasteiger partial charge in [-0.1, -0.05) is 42.5 Å². The molecule has 0 bridgehead atoms. The van der Waals surface area contributed by atoms with Crippen molar-refractivity contribution in [2.45, 2.75) is 95.3 Å². The maximum absolute atomic E-state index is 14.3. The molecule has 4 fully saturated rings. The standard InChI is InChI=1S/C21H17BrFN5O.C21H23BrN6O.2C18H20BrN7O/c1-24-21(29)14-8-6-13(7-9-14)11-25-19-10-18(15-4-2-3-5-17(15)23)27-20-16(22)12-26-28(19)20;22-17-13-25-28-19(24-12-14-2-1-7-23-11-14)10-18(26-20(17)28)15-5-8-27(9-6-15)21(29)16-3-4-16;19-14-10-23-26-16(22-9-12-3-1-5-21-8-12)7-15(24-17(14)26)13-4-2-6-25(11-13)18(20)27;19-14-11-23-26-16(22-10-12-2-1-5-21-9-12)8-15(24-17(14)26)13-3-6-25(7-4-13)18(20)27/h2-10,12,25H,11H2,1H3,(H,24,29);1-2,7,10-11,13,15-16,24H,3-6,8-9,12H2;1,3,5,7-8,10,13,22H,2,4,6,9,11H2,(H2,20,27);1-2,5,8-9,11,13,22H,3-4,6-7,10H2,(H2,20,27). The highest BCUT2D eigenvalue weighted by Gasteiger charge is 2.36. The fourth-order valence-corrected chi connectivity index (χ4v) is 15.1. The minimum Gasteiger partial charge on any atom is -0.366 e. The highest BCUT2D eigenvalue weighted by Crippen LogP contribution is 2.37. The molecule has 9 N–H and O–H groups in total. The molecule has 1 saturated carbocycles. The average molecular weight is 1770 g/mol. The molecule has 112 heavy (non-hydrogen) atoms. The fraction of sp³-hybridized carbons (Fsp3) is 0.295. The third-order valence-corrected chi connectivity index (χ3v) is 22.2. The number of piperidine rings is 3. The van der Waals surface area contributed by atoms with Crippen LogP contribution in [0.15, 0.2) is 189 Å². The summed E-state index contributed by atoms with van der Waals surface area (Å²) in [6, 6.07) is 32.9. The second kappa shape index (κ2) is 35.9. The number of amides is 6. The molecule has 0 radical (unpaired) electrons. The molecule has 13 aromatic rings. The van der Waals surface area contributed by atoms with Crippen LogP contribution in [0.2, 0.25) is 0 Å². The van der Waals surface area contributed by atoms with Crippen LogP contribution in [0.25, 0.3) is 33.8 Å². The molecule has 34 heteroatoms. The van der Waals surface area contributed by atoms with E-state index >= 15 is 0 Å². The van der Waals surface area contributed by atoms with Gasteiger partial charge in [0.25, 0.3) is 5.91 Å². The monoisotopic (exact) mass is 1770 g/mol. The maximum atomic E-state index is 14.3. The second-order valence-corrected chi connectivity index (χ2v) is 30.9. The van der Waals surface area contributed by atoms with Crippen molar-refractivity contribution < 1.29 is 23.6 Å². The summed E-state index contributed by atoms with van der Waals surface area (Å²) in [4.78, 5) is 83.9. The molecule has 1 unspecified atom stereocenters. The Morgan fingerprint density at radius 2 is 0.857 bits per heavy atom. The van der Waals surface area contributed by atoms with Gasteiger partial charge in [0.2, 0.25) is 5.91 Å². The topological polar surface area (TPSA) is 350 Å². The molecule has 17 rings (SSSR count). The molecule has 1 atom stereocenters. The van der Waals surface area contributed by atoms with Gasteiger partial charge in [-0.15, -0.1) is 0 Å². The zero-order valence-corrected chi connectivity index (χ0v) is 67.3. The van der Waals surface area contributed by atoms with Gasteiger partial charge in [-0.2, -0.15) is 38.5 Å². The number of hydrogen-bond donors (Lipinski definition) is 7. The number of hydrogen-bond acceptors (Lipinski definition) is 19. The highest BCUT2D eigenvalue weighted by atomic mass is 79.9. The number of pyridine rings is 3. The van der Waals surface area contributed by atoms with E-state index in [9.17, 15) is 23.6 Å². The number of likely N-dealkylation sites (tertiary alicyclic amines) is 3. The summed E-state index contributed by atoms with van der Waals surface area (Å²) in [5, 5.41) is 33.9. The van der Waals surface area contributed by atoms with Crippen molar-refractivity contribution in [1.29, 1.82) is 0 Å². The molecule has 0 spiro atoms. The van der Waals surface area contributed by atoms with E-state index in [2.05, 4.69) is 137 Å². The first kappa shape index (κ1) is 77.6. The van der Waals surface area contributed by atoms with Crippen LogP contribution < -0.4 is 38.1 Å². The van der Waals surface area contributed by atoms with Gasteiger partial charge >= 0.3 is 12.1 Å². The van der Waals surface area contributed by atoms with E-state index < -0.39 is 0 Å². The quantitative estimate of drug-likeness (QED) is 0.0419. The van der Waals surface area contributed by atoms with Gasteiger partial charge in [-0.3, -0.25) is 24.5 Å². The molecule has 14 heterocycles. The van der Waals surface area contributed by atoms with Crippen LogP contribution in [-0.4, -0.2) is 158 Å². The Morgan fingerprint density at radius 3 is 1.27 bits per heavy atom. The number of rotatable bonds is 18. The van der Waals surface area contributed by atoms with E-state index in [0.717, 1.165) is 152 Å². The number of fused-ring (bicyclic) bond motifs is 4. The molecular weight excluding hydrogens is 1690 g/mol. The summed E-state index contributed by atoms with van der Waals surface area (Å²) in [5.41, 5.74) is 22.6. The zero-order valence-electron chi connectivity index (χ0n) is 60.9. The van der Waals surface area contributed by atoms with Gasteiger partial charge in [0.1, 0.15) is 29.1 Å². The number of carbonyl (C=O) groups is 4. The van der Waals surface area contributed by atoms with Gasteiger partial charge < -0.3 is 52.8 Å². The Bertz CT molecular complexity index is 5470. The SMILES string of the molecule is CNC(=O)c1ccc(CNc2cc(-c3ccccc3F)nc3c(Br)cnn23)cc1.NC(=O)N1CCC(c2cc(NCc3cccnc3)n3ncc(Br)c3n2)CC1.NC(=O)N1CCCC(c2cc(NCc3cccnc3)n3ncc(Br)c3n2)C1.O=C(C1CC1)N1CCC(c2cc(NCc3cccnc3)n3ncc(Br)c3n2)CC1. The summed E-state index contributed by atoms with van der Waals surface area (Å²) in [5.74, 6) is 4.28. The minimum absolute atomic E-state index is 0.128. The van der Waals surface area contributed by atoms with Crippen LogP contribution in [-0.2, 0) is 31.0 Å². The van der Waals surface area contributed by atoms with E-state index in [4.69, 9.17) is 26.4 Å². The number of nitrogens with zero attached hydrogens (tertiary/aromatic N) is 18. The van der Waals surface area contributed by atoms with Crippen molar-refractivity contribution in [3.8, 4) is 11.3 Å². The first-order valence-electron chi connectivity index (χ1n) is 36.7. The lowest BCUT2D eigenvalue weighted by Gasteiger charge is -2.32. The lowest BCUT2D eigenvalue weighted by molar-refractivity contribution is -0.133. The summed E-state index contributed by atoms with van der Waals surface area (Å²) in [7, 11) is 1.60. The molecular formula is C78H80Br4FN25O4. The lowest BCUT2D eigenvalue weighted by Crippen LogP contribution is -2.42. The molecule has 6 amide bonds. The number of anilines is 4. The maximum Gasteiger partial charge on any atom is 0.314 e. The molecule has 3 saturated heterocycles. The predicted octanol–water partition coefficient (Wildman–Crippen LogP) is 13.4. The number of urea groups is 2. The van der Waals surface area contributed by atoms with E-state index in [0.29, 0.717) is 103 Å². The summed E-state index contributed by atoms with van der Waals surface area (Å²) in [6.45, 7) is 6.70. The van der Waals surface area contributed by atoms with Crippen LogP contribution in [0.5, 0.6) is 0 Å². The lowest BCUT2D eigenvalue weighted by atomic mass is 9.93. The average Bonchev–Trinajstić information content (AvgIpc) is 1.59. The molecule has 1 aliphatic carbocycles. The van der Waals surface area contributed by atoms with Crippen molar-refractivity contribution in [2.24, 2.45) is 17.4 Å². The van der Waals surface area contributed by atoms with Crippen LogP contribution >= 0.6 is 63.7 Å². The van der Waals surface area contributed by atoms with Crippen molar-refractivity contribution in [3.05, 3.63) is 240 Å². The molecule has 4 aliphatic rings. The summed E-state index contributed by atoms with van der Waals surface area (Å²) < 4.78 is 24.6. The number of carbonyl (C=O) groups excluding carboxylic acids is 4. The van der Waals surface area contributed by atoms with Crippen LogP contribution in [0.4, 0.5) is 37.3 Å². The van der Waals surface area contributed by atoms with Crippen molar-refractivity contribution in [1.82, 2.24) is 93.4 Å². The molecule has 3 aliphatic heterocycles. The minimum atomic E-state index is -0.374. The first-order valence-corrected chi connectivity index (χ1v) is 39.9. The largest absolute Gasteiger partial charge is 0.366 e. The molecule has 2 aromatic carbocycles. The smallest absolute Gasteiger partial charge is 0.314 e. The highest BCUT2D eigenvalue weighted by molar-refractivity contribution is 9.11. The van der Waals surface area contributed by atoms with E-state index in [1.54, 1.807) is 110 Å². The zero-order chi connectivity index (χ0) is 77.8. The Balaban J connectivity index is 0.000000124. The van der Waals surface area contributed by atoms with Gasteiger partial charge in [0.05, 0.1) is 54.1 Å². The summed E-state index contributed by atoms with van der Waals surface area (Å²) in [6.07, 6.45) is 25.3. The Morgan fingerprint density at radius 1 is 0.446 bits per heavy atom. The number of benzene rings is 2. The van der Waals surface area contributed by atoms with Crippen LogP contribution in [0.1, 0.15) is 119 Å². The number of nitrogens with one attached hydrogen (secondary N) is 5. The van der Waals surface area contributed by atoms with Crippen molar-refractivity contribution in [3.63, 3.8) is 0 Å². The number of primary amides is 2. The summed E-state index contributed by atoms with van der Waals surface area (Å²) >= 11 is 14.1. The van der Waals surface area contributed by atoms with Crippen LogP contribution in [0, 0.1) is 11.7 Å². The third kappa shape index (κ3) is 18.7. The van der Waals surface area contributed by atoms with Crippen LogP contribution in [0.3, 0.4) is 0 Å². The Labute approximate surface area is 676 Å². The second-order valence-electron chi connectivity index (χ2n) is 27.5. The fourth-order valence-electron chi connectivity index (χ4n) is 13.7. The van der Waals surface area contributed by atoms with Gasteiger partial charge in [-0.05, 0) is 180 Å². The van der Waals surface area contributed by atoms with E-state index in [1.165, 1.54) is 6.07 Å². The number of nitrogens with two attached hydrogens (primary N) is 2. The van der Waals surface area contributed by atoms with E-state index in [1.807, 2.05) is 88.7 Å². The van der Waals surface area contributed by atoms with Gasteiger partial charge in [0.15, 0.2) is 22.6 Å². The first-order chi connectivity index (χ1) is 54.5. The molecule has 29 nitrogen and oxygen atoms in total.